The van der Waals surface area contributed by atoms with Gasteiger partial charge in [0, 0.05) is 5.92 Å². The largest absolute Gasteiger partial charge is 0.490 e. The molecular weight excluding hydrogens is 240 g/mol. The number of hydrogen-bond acceptors (Lipinski definition) is 3. The molecule has 0 heterocycles. The third-order valence-electron chi connectivity index (χ3n) is 3.58. The van der Waals surface area contributed by atoms with Gasteiger partial charge in [0.15, 0.2) is 17.3 Å². The molecule has 0 unspecified atom stereocenters. The van der Waals surface area contributed by atoms with E-state index in [0.29, 0.717) is 18.1 Å². The second kappa shape index (κ2) is 7.17. The highest BCUT2D eigenvalue weighted by molar-refractivity contribution is 5.82. The summed E-state index contributed by atoms with van der Waals surface area (Å²) in [7, 11) is 0. The molecule has 1 aromatic rings. The third-order valence-corrected chi connectivity index (χ3v) is 3.58. The first-order valence-electron chi connectivity index (χ1n) is 7.18. The van der Waals surface area contributed by atoms with Crippen LogP contribution in [0.4, 0.5) is 0 Å². The summed E-state index contributed by atoms with van der Waals surface area (Å²) in [4.78, 5) is 12.1. The Morgan fingerprint density at radius 3 is 2.37 bits per heavy atom. The van der Waals surface area contributed by atoms with Crippen LogP contribution in [0.5, 0.6) is 11.5 Å². The van der Waals surface area contributed by atoms with E-state index in [-0.39, 0.29) is 18.3 Å². The molecule has 0 aliphatic heterocycles. The highest BCUT2D eigenvalue weighted by Crippen LogP contribution is 2.28. The van der Waals surface area contributed by atoms with Crippen molar-refractivity contribution in [3.63, 3.8) is 0 Å². The molecule has 0 amide bonds. The summed E-state index contributed by atoms with van der Waals surface area (Å²) < 4.78 is 11.1. The van der Waals surface area contributed by atoms with Crippen LogP contribution in [0.2, 0.25) is 0 Å². The zero-order valence-corrected chi connectivity index (χ0v) is 11.6. The summed E-state index contributed by atoms with van der Waals surface area (Å²) in [6.45, 7) is 2.69. The lowest BCUT2D eigenvalue weighted by molar-refractivity contribution is -0.125. The predicted octanol–water partition coefficient (Wildman–Crippen LogP) is 3.61. The lowest BCUT2D eigenvalue weighted by Gasteiger charge is -2.20. The van der Waals surface area contributed by atoms with Crippen molar-refractivity contribution < 1.29 is 14.3 Å². The van der Waals surface area contributed by atoms with Crippen LogP contribution in [0.25, 0.3) is 0 Å². The number of carbonyl (C=O) groups is 1. The Hall–Kier alpha value is -1.51. The highest BCUT2D eigenvalue weighted by atomic mass is 16.5. The number of benzene rings is 1. The first-order valence-corrected chi connectivity index (χ1v) is 7.18. The molecular formula is C16H22O3. The van der Waals surface area contributed by atoms with E-state index in [9.17, 15) is 4.79 Å². The number of ether oxygens (including phenoxy) is 2. The molecule has 0 spiro atoms. The van der Waals surface area contributed by atoms with Crippen molar-refractivity contribution >= 4 is 5.78 Å². The highest BCUT2D eigenvalue weighted by Gasteiger charge is 2.21. The van der Waals surface area contributed by atoms with Gasteiger partial charge in [-0.05, 0) is 31.9 Å². The smallest absolute Gasteiger partial charge is 0.173 e. The fourth-order valence-electron chi connectivity index (χ4n) is 2.54. The predicted molar refractivity (Wildman–Crippen MR) is 74.7 cm³/mol. The number of rotatable bonds is 6. The lowest BCUT2D eigenvalue weighted by atomic mass is 9.86. The molecule has 0 aromatic heterocycles. The molecule has 104 valence electrons. The van der Waals surface area contributed by atoms with Crippen LogP contribution in [-0.4, -0.2) is 19.0 Å². The van der Waals surface area contributed by atoms with Crippen LogP contribution < -0.4 is 9.47 Å². The fraction of sp³-hybridized carbons (Fsp3) is 0.562. The Morgan fingerprint density at radius 2 is 1.74 bits per heavy atom. The van der Waals surface area contributed by atoms with E-state index in [4.69, 9.17) is 9.47 Å². The molecule has 3 nitrogen and oxygen atoms in total. The van der Waals surface area contributed by atoms with E-state index in [1.165, 1.54) is 19.3 Å². The zero-order valence-electron chi connectivity index (χ0n) is 11.6. The van der Waals surface area contributed by atoms with E-state index in [0.717, 1.165) is 12.8 Å². The van der Waals surface area contributed by atoms with Gasteiger partial charge < -0.3 is 9.47 Å². The van der Waals surface area contributed by atoms with Crippen LogP contribution in [0.15, 0.2) is 24.3 Å². The lowest BCUT2D eigenvalue weighted by Crippen LogP contribution is -2.23. The molecule has 0 bridgehead atoms. The number of ketones is 1. The molecule has 1 aromatic carbocycles. The van der Waals surface area contributed by atoms with Gasteiger partial charge in [-0.15, -0.1) is 0 Å². The van der Waals surface area contributed by atoms with E-state index in [2.05, 4.69) is 0 Å². The average Bonchev–Trinajstić information content (AvgIpc) is 2.47. The molecule has 1 fully saturated rings. The van der Waals surface area contributed by atoms with E-state index >= 15 is 0 Å². The Morgan fingerprint density at radius 1 is 1.11 bits per heavy atom. The van der Waals surface area contributed by atoms with Crippen LogP contribution in [0.3, 0.4) is 0 Å². The molecule has 3 heteroatoms. The Kier molecular flexibility index (Phi) is 5.25. The molecule has 19 heavy (non-hydrogen) atoms. The van der Waals surface area contributed by atoms with Gasteiger partial charge in [-0.2, -0.15) is 0 Å². The number of hydrogen-bond donors (Lipinski definition) is 0. The maximum Gasteiger partial charge on any atom is 0.173 e. The molecule has 0 radical (unpaired) electrons. The first-order chi connectivity index (χ1) is 9.31. The summed E-state index contributed by atoms with van der Waals surface area (Å²) in [6, 6.07) is 7.51. The number of carbonyl (C=O) groups excluding carboxylic acids is 1. The molecule has 2 rings (SSSR count). The van der Waals surface area contributed by atoms with Gasteiger partial charge in [-0.3, -0.25) is 4.79 Å². The van der Waals surface area contributed by atoms with Crippen molar-refractivity contribution in [3.8, 4) is 11.5 Å². The quantitative estimate of drug-likeness (QED) is 0.785. The summed E-state index contributed by atoms with van der Waals surface area (Å²) in [5, 5.41) is 0. The SMILES string of the molecule is CCOc1ccccc1OCC(=O)C1CCCCC1. The molecule has 0 atom stereocenters. The van der Waals surface area contributed by atoms with Gasteiger partial charge in [0.05, 0.1) is 6.61 Å². The van der Waals surface area contributed by atoms with Gasteiger partial charge >= 0.3 is 0 Å². The van der Waals surface area contributed by atoms with E-state index in [1.807, 2.05) is 31.2 Å². The first kappa shape index (κ1) is 13.9. The Bertz CT molecular complexity index is 408. The van der Waals surface area contributed by atoms with Crippen molar-refractivity contribution in [2.45, 2.75) is 39.0 Å². The van der Waals surface area contributed by atoms with Crippen LogP contribution in [-0.2, 0) is 4.79 Å². The van der Waals surface area contributed by atoms with Gasteiger partial charge in [-0.1, -0.05) is 31.4 Å². The third kappa shape index (κ3) is 3.98. The van der Waals surface area contributed by atoms with Gasteiger partial charge in [0.25, 0.3) is 0 Å². The van der Waals surface area contributed by atoms with Crippen molar-refractivity contribution in [1.82, 2.24) is 0 Å². The summed E-state index contributed by atoms with van der Waals surface area (Å²) >= 11 is 0. The number of para-hydroxylation sites is 2. The van der Waals surface area contributed by atoms with Crippen LogP contribution >= 0.6 is 0 Å². The van der Waals surface area contributed by atoms with Gasteiger partial charge in [-0.25, -0.2) is 0 Å². The summed E-state index contributed by atoms with van der Waals surface area (Å²) in [5.41, 5.74) is 0. The minimum atomic E-state index is 0.161. The topological polar surface area (TPSA) is 35.5 Å². The molecule has 1 saturated carbocycles. The minimum absolute atomic E-state index is 0.161. The van der Waals surface area contributed by atoms with E-state index in [1.54, 1.807) is 0 Å². The van der Waals surface area contributed by atoms with Gasteiger partial charge in [0.2, 0.25) is 0 Å². The molecule has 1 aliphatic rings. The molecule has 1 aliphatic carbocycles. The second-order valence-corrected chi connectivity index (χ2v) is 4.97. The van der Waals surface area contributed by atoms with Crippen molar-refractivity contribution in [2.24, 2.45) is 5.92 Å². The van der Waals surface area contributed by atoms with Gasteiger partial charge in [0.1, 0.15) is 6.61 Å². The maximum atomic E-state index is 12.1. The van der Waals surface area contributed by atoms with Crippen molar-refractivity contribution in [2.75, 3.05) is 13.2 Å². The Labute approximate surface area is 114 Å². The summed E-state index contributed by atoms with van der Waals surface area (Å²) in [5.74, 6) is 1.80. The zero-order chi connectivity index (χ0) is 13.5. The minimum Gasteiger partial charge on any atom is -0.490 e. The average molecular weight is 262 g/mol. The maximum absolute atomic E-state index is 12.1. The summed E-state index contributed by atoms with van der Waals surface area (Å²) in [6.07, 6.45) is 5.65. The fourth-order valence-corrected chi connectivity index (χ4v) is 2.54. The molecule has 0 N–H and O–H groups in total. The van der Waals surface area contributed by atoms with Crippen molar-refractivity contribution in [1.29, 1.82) is 0 Å². The monoisotopic (exact) mass is 262 g/mol. The normalized spacial score (nSPS) is 16.1. The van der Waals surface area contributed by atoms with Crippen molar-refractivity contribution in [3.05, 3.63) is 24.3 Å². The van der Waals surface area contributed by atoms with Crippen LogP contribution in [0.1, 0.15) is 39.0 Å². The van der Waals surface area contributed by atoms with E-state index < -0.39 is 0 Å². The second-order valence-electron chi connectivity index (χ2n) is 4.97. The Balaban J connectivity index is 1.89. The molecule has 0 saturated heterocycles. The number of Topliss-reactive ketones (excluding diaryl/α,β-unsaturated/α-hetero) is 1. The standard InChI is InChI=1S/C16H22O3/c1-2-18-15-10-6-7-11-16(15)19-12-14(17)13-8-4-3-5-9-13/h6-7,10-11,13H,2-5,8-9,12H2,1H3. The van der Waals surface area contributed by atoms with Crippen LogP contribution in [0, 0.1) is 5.92 Å².